The molecule has 0 atom stereocenters. The zero-order valence-electron chi connectivity index (χ0n) is 8.10. The van der Waals surface area contributed by atoms with Gasteiger partial charge in [-0.05, 0) is 19.1 Å². The van der Waals surface area contributed by atoms with E-state index in [1.165, 1.54) is 0 Å². The Labute approximate surface area is 87.7 Å². The normalized spacial score (nSPS) is 9.64. The van der Waals surface area contributed by atoms with Crippen molar-refractivity contribution in [2.45, 2.75) is 6.92 Å². The molecule has 0 unspecified atom stereocenters. The minimum absolute atomic E-state index is 0.250. The van der Waals surface area contributed by atoms with Crippen LogP contribution in [0.4, 0.5) is 5.82 Å². The van der Waals surface area contributed by atoms with Gasteiger partial charge in [0.2, 0.25) is 0 Å². The van der Waals surface area contributed by atoms with Gasteiger partial charge < -0.3 is 10.6 Å². The number of hydrogen-bond acceptors (Lipinski definition) is 3. The number of aromatic nitrogens is 1. The summed E-state index contributed by atoms with van der Waals surface area (Å²) in [6.07, 6.45) is 0. The third kappa shape index (κ3) is 2.35. The molecule has 1 rings (SSSR count). The van der Waals surface area contributed by atoms with E-state index in [0.717, 1.165) is 0 Å². The zero-order chi connectivity index (χ0) is 10.6. The van der Waals surface area contributed by atoms with E-state index in [2.05, 4.69) is 15.6 Å². The summed E-state index contributed by atoms with van der Waals surface area (Å²) >= 11 is 5.83. The van der Waals surface area contributed by atoms with Gasteiger partial charge in [-0.2, -0.15) is 0 Å². The Balaban J connectivity index is 2.99. The van der Waals surface area contributed by atoms with Crippen LogP contribution >= 0.6 is 11.6 Å². The third-order valence-electron chi connectivity index (χ3n) is 1.65. The van der Waals surface area contributed by atoms with Crippen LogP contribution in [-0.2, 0) is 0 Å². The summed E-state index contributed by atoms with van der Waals surface area (Å²) in [6, 6.07) is 3.36. The van der Waals surface area contributed by atoms with Gasteiger partial charge in [0, 0.05) is 13.6 Å². The Morgan fingerprint density at radius 1 is 1.57 bits per heavy atom. The maximum absolute atomic E-state index is 11.4. The van der Waals surface area contributed by atoms with Gasteiger partial charge in [0.05, 0.1) is 5.02 Å². The standard InChI is InChI=1S/C9H12ClN3O/c1-3-12-9(14)8-6(10)4-5-7(11-2)13-8/h4-5H,3H2,1-2H3,(H,11,13)(H,12,14). The number of rotatable bonds is 3. The Morgan fingerprint density at radius 3 is 2.86 bits per heavy atom. The average Bonchev–Trinajstić information content (AvgIpc) is 2.19. The van der Waals surface area contributed by atoms with E-state index in [1.807, 2.05) is 6.92 Å². The van der Waals surface area contributed by atoms with Crippen LogP contribution < -0.4 is 10.6 Å². The number of pyridine rings is 1. The lowest BCUT2D eigenvalue weighted by Gasteiger charge is -2.05. The van der Waals surface area contributed by atoms with Crippen molar-refractivity contribution in [2.75, 3.05) is 18.9 Å². The Hall–Kier alpha value is -1.29. The van der Waals surface area contributed by atoms with Crippen LogP contribution in [0.1, 0.15) is 17.4 Å². The first-order chi connectivity index (χ1) is 6.69. The van der Waals surface area contributed by atoms with Gasteiger partial charge in [-0.1, -0.05) is 11.6 Å². The molecule has 2 N–H and O–H groups in total. The quantitative estimate of drug-likeness (QED) is 0.801. The van der Waals surface area contributed by atoms with Gasteiger partial charge in [-0.25, -0.2) is 4.98 Å². The Morgan fingerprint density at radius 2 is 2.29 bits per heavy atom. The van der Waals surface area contributed by atoms with Crippen LogP contribution in [0.25, 0.3) is 0 Å². The molecule has 76 valence electrons. The van der Waals surface area contributed by atoms with Crippen LogP contribution in [0.5, 0.6) is 0 Å². The minimum Gasteiger partial charge on any atom is -0.373 e. The summed E-state index contributed by atoms with van der Waals surface area (Å²) in [5.74, 6) is 0.366. The number of anilines is 1. The van der Waals surface area contributed by atoms with Crippen LogP contribution in [0.2, 0.25) is 5.02 Å². The summed E-state index contributed by atoms with van der Waals surface area (Å²) in [6.45, 7) is 2.40. The highest BCUT2D eigenvalue weighted by molar-refractivity contribution is 6.33. The van der Waals surface area contributed by atoms with Crippen LogP contribution in [0.15, 0.2) is 12.1 Å². The molecule has 0 aliphatic rings. The molecule has 0 aliphatic heterocycles. The van der Waals surface area contributed by atoms with Crippen molar-refractivity contribution in [3.63, 3.8) is 0 Å². The average molecular weight is 214 g/mol. The summed E-state index contributed by atoms with van der Waals surface area (Å²) in [7, 11) is 1.73. The second kappa shape index (κ2) is 4.81. The lowest BCUT2D eigenvalue weighted by Crippen LogP contribution is -2.24. The molecule has 1 aromatic rings. The molecule has 4 nitrogen and oxygen atoms in total. The summed E-state index contributed by atoms with van der Waals surface area (Å²) in [4.78, 5) is 15.5. The van der Waals surface area contributed by atoms with E-state index < -0.39 is 0 Å². The molecule has 1 amide bonds. The van der Waals surface area contributed by atoms with Gasteiger partial charge in [0.25, 0.3) is 5.91 Å². The first kappa shape index (κ1) is 10.8. The van der Waals surface area contributed by atoms with Gasteiger partial charge in [-0.15, -0.1) is 0 Å². The predicted octanol–water partition coefficient (Wildman–Crippen LogP) is 1.53. The highest BCUT2D eigenvalue weighted by Crippen LogP contribution is 2.16. The Bertz CT molecular complexity index is 341. The topological polar surface area (TPSA) is 54.0 Å². The van der Waals surface area contributed by atoms with E-state index in [9.17, 15) is 4.79 Å². The fourth-order valence-corrected chi connectivity index (χ4v) is 1.18. The number of hydrogen-bond donors (Lipinski definition) is 2. The molecule has 5 heteroatoms. The van der Waals surface area contributed by atoms with Gasteiger partial charge in [0.1, 0.15) is 11.5 Å². The summed E-state index contributed by atoms with van der Waals surface area (Å²) < 4.78 is 0. The molecule has 0 bridgehead atoms. The molecule has 0 radical (unpaired) electrons. The molecular formula is C9H12ClN3O. The van der Waals surface area contributed by atoms with Crippen molar-refractivity contribution in [1.82, 2.24) is 10.3 Å². The van der Waals surface area contributed by atoms with Crippen LogP contribution in [0, 0.1) is 0 Å². The van der Waals surface area contributed by atoms with Crippen molar-refractivity contribution < 1.29 is 4.79 Å². The SMILES string of the molecule is CCNC(=O)c1nc(NC)ccc1Cl. The van der Waals surface area contributed by atoms with Crippen molar-refractivity contribution in [2.24, 2.45) is 0 Å². The van der Waals surface area contributed by atoms with Gasteiger partial charge in [0.15, 0.2) is 0 Å². The van der Waals surface area contributed by atoms with E-state index in [1.54, 1.807) is 19.2 Å². The van der Waals surface area contributed by atoms with Gasteiger partial charge in [-0.3, -0.25) is 4.79 Å². The molecule has 0 aliphatic carbocycles. The molecule has 0 fully saturated rings. The molecule has 1 aromatic heterocycles. The van der Waals surface area contributed by atoms with Gasteiger partial charge >= 0.3 is 0 Å². The maximum Gasteiger partial charge on any atom is 0.271 e. The number of halogens is 1. The Kier molecular flexibility index (Phi) is 3.71. The summed E-state index contributed by atoms with van der Waals surface area (Å²) in [5, 5.41) is 5.84. The zero-order valence-corrected chi connectivity index (χ0v) is 8.85. The predicted molar refractivity (Wildman–Crippen MR) is 56.8 cm³/mol. The van der Waals surface area contributed by atoms with Crippen molar-refractivity contribution in [1.29, 1.82) is 0 Å². The van der Waals surface area contributed by atoms with E-state index >= 15 is 0 Å². The fraction of sp³-hybridized carbons (Fsp3) is 0.333. The smallest absolute Gasteiger partial charge is 0.271 e. The highest BCUT2D eigenvalue weighted by Gasteiger charge is 2.11. The maximum atomic E-state index is 11.4. The molecule has 0 aromatic carbocycles. The molecule has 0 spiro atoms. The number of amides is 1. The first-order valence-corrected chi connectivity index (χ1v) is 4.69. The third-order valence-corrected chi connectivity index (χ3v) is 1.96. The van der Waals surface area contributed by atoms with E-state index in [0.29, 0.717) is 17.4 Å². The van der Waals surface area contributed by atoms with Crippen molar-refractivity contribution in [3.8, 4) is 0 Å². The fourth-order valence-electron chi connectivity index (χ4n) is 0.985. The molecule has 1 heterocycles. The minimum atomic E-state index is -0.255. The van der Waals surface area contributed by atoms with Crippen LogP contribution in [-0.4, -0.2) is 24.5 Å². The lowest BCUT2D eigenvalue weighted by molar-refractivity contribution is 0.0951. The molecular weight excluding hydrogens is 202 g/mol. The van der Waals surface area contributed by atoms with E-state index in [4.69, 9.17) is 11.6 Å². The summed E-state index contributed by atoms with van der Waals surface area (Å²) in [5.41, 5.74) is 0.250. The number of carbonyl (C=O) groups is 1. The first-order valence-electron chi connectivity index (χ1n) is 4.31. The number of nitrogens with one attached hydrogen (secondary N) is 2. The van der Waals surface area contributed by atoms with Crippen LogP contribution in [0.3, 0.4) is 0 Å². The largest absolute Gasteiger partial charge is 0.373 e. The van der Waals surface area contributed by atoms with E-state index in [-0.39, 0.29) is 11.6 Å². The second-order valence-electron chi connectivity index (χ2n) is 2.64. The lowest BCUT2D eigenvalue weighted by atomic mass is 10.3. The number of nitrogens with zero attached hydrogens (tertiary/aromatic N) is 1. The highest BCUT2D eigenvalue weighted by atomic mass is 35.5. The second-order valence-corrected chi connectivity index (χ2v) is 3.04. The van der Waals surface area contributed by atoms with Crippen molar-refractivity contribution in [3.05, 3.63) is 22.8 Å². The molecule has 0 saturated heterocycles. The molecule has 14 heavy (non-hydrogen) atoms. The molecule has 0 saturated carbocycles. The monoisotopic (exact) mass is 213 g/mol. The van der Waals surface area contributed by atoms with Crippen molar-refractivity contribution >= 4 is 23.3 Å². The number of carbonyl (C=O) groups excluding carboxylic acids is 1.